The number of benzene rings is 1. The van der Waals surface area contributed by atoms with Crippen molar-refractivity contribution >= 4 is 5.78 Å². The molecule has 1 aromatic carbocycles. The number of rotatable bonds is 3. The molecule has 1 aliphatic heterocycles. The van der Waals surface area contributed by atoms with Crippen molar-refractivity contribution in [1.82, 2.24) is 0 Å². The van der Waals surface area contributed by atoms with Crippen molar-refractivity contribution in [3.63, 3.8) is 0 Å². The number of halogens is 1. The fraction of sp³-hybridized carbons (Fsp3) is 0.462. The van der Waals surface area contributed by atoms with Gasteiger partial charge >= 0.3 is 0 Å². The van der Waals surface area contributed by atoms with Gasteiger partial charge in [-0.05, 0) is 25.0 Å². The summed E-state index contributed by atoms with van der Waals surface area (Å²) in [4.78, 5) is 11.9. The van der Waals surface area contributed by atoms with Crippen molar-refractivity contribution in [2.45, 2.75) is 25.9 Å². The van der Waals surface area contributed by atoms with E-state index in [2.05, 4.69) is 0 Å². The molecule has 1 saturated heterocycles. The van der Waals surface area contributed by atoms with Gasteiger partial charge in [-0.15, -0.1) is 0 Å². The quantitative estimate of drug-likeness (QED) is 0.784. The Bertz CT molecular complexity index is 389. The Labute approximate surface area is 94.4 Å². The molecule has 0 aliphatic carbocycles. The Kier molecular flexibility index (Phi) is 3.34. The topological polar surface area (TPSA) is 26.3 Å². The predicted molar refractivity (Wildman–Crippen MR) is 58.6 cm³/mol. The standard InChI is InChI=1S/C13H15FO2/c1-9-6-11(8-16-9)13(15)7-10-4-2-3-5-12(10)14/h2-5,9,11H,6-8H2,1H3. The average molecular weight is 222 g/mol. The third-order valence-corrected chi connectivity index (χ3v) is 2.98. The first-order chi connectivity index (χ1) is 7.66. The van der Waals surface area contributed by atoms with Crippen LogP contribution in [-0.2, 0) is 16.0 Å². The molecule has 2 rings (SSSR count). The Morgan fingerprint density at radius 1 is 1.50 bits per heavy atom. The first-order valence-corrected chi connectivity index (χ1v) is 5.54. The van der Waals surface area contributed by atoms with Crippen LogP contribution in [0.5, 0.6) is 0 Å². The second-order valence-electron chi connectivity index (χ2n) is 4.31. The van der Waals surface area contributed by atoms with Gasteiger partial charge in [-0.25, -0.2) is 4.39 Å². The third kappa shape index (κ3) is 2.47. The van der Waals surface area contributed by atoms with Gasteiger partial charge in [-0.2, -0.15) is 0 Å². The molecule has 86 valence electrons. The van der Waals surface area contributed by atoms with E-state index in [1.807, 2.05) is 6.92 Å². The molecule has 1 heterocycles. The van der Waals surface area contributed by atoms with Crippen LogP contribution in [-0.4, -0.2) is 18.5 Å². The van der Waals surface area contributed by atoms with Gasteiger partial charge in [0.25, 0.3) is 0 Å². The number of ketones is 1. The Balaban J connectivity index is 2.00. The molecule has 1 aliphatic rings. The molecule has 3 heteroatoms. The van der Waals surface area contributed by atoms with E-state index in [4.69, 9.17) is 4.74 Å². The number of ether oxygens (including phenoxy) is 1. The van der Waals surface area contributed by atoms with Crippen molar-refractivity contribution in [2.75, 3.05) is 6.61 Å². The number of hydrogen-bond acceptors (Lipinski definition) is 2. The lowest BCUT2D eigenvalue weighted by Crippen LogP contribution is -2.17. The van der Waals surface area contributed by atoms with Crippen LogP contribution < -0.4 is 0 Å². The fourth-order valence-electron chi connectivity index (χ4n) is 2.02. The van der Waals surface area contributed by atoms with E-state index in [-0.39, 0.29) is 30.0 Å². The number of carbonyl (C=O) groups excluding carboxylic acids is 1. The molecule has 0 radical (unpaired) electrons. The van der Waals surface area contributed by atoms with E-state index in [0.717, 1.165) is 6.42 Å². The molecular formula is C13H15FO2. The van der Waals surface area contributed by atoms with E-state index in [9.17, 15) is 9.18 Å². The SMILES string of the molecule is CC1CC(C(=O)Cc2ccccc2F)CO1. The summed E-state index contributed by atoms with van der Waals surface area (Å²) in [7, 11) is 0. The van der Waals surface area contributed by atoms with Crippen LogP contribution in [0, 0.1) is 11.7 Å². The van der Waals surface area contributed by atoms with Crippen LogP contribution in [0.1, 0.15) is 18.9 Å². The van der Waals surface area contributed by atoms with Crippen molar-refractivity contribution in [2.24, 2.45) is 5.92 Å². The summed E-state index contributed by atoms with van der Waals surface area (Å²) in [6, 6.07) is 6.42. The first-order valence-electron chi connectivity index (χ1n) is 5.54. The van der Waals surface area contributed by atoms with Gasteiger partial charge in [0, 0.05) is 12.3 Å². The number of Topliss-reactive ketones (excluding diaryl/α,β-unsaturated/α-hetero) is 1. The minimum absolute atomic E-state index is 0.0605. The summed E-state index contributed by atoms with van der Waals surface area (Å²) in [6.45, 7) is 2.44. The van der Waals surface area contributed by atoms with Gasteiger partial charge in [0.05, 0.1) is 12.7 Å². The molecule has 1 aromatic rings. The molecule has 16 heavy (non-hydrogen) atoms. The maximum absolute atomic E-state index is 13.3. The highest BCUT2D eigenvalue weighted by Gasteiger charge is 2.28. The Morgan fingerprint density at radius 3 is 2.88 bits per heavy atom. The Hall–Kier alpha value is -1.22. The highest BCUT2D eigenvalue weighted by Crippen LogP contribution is 2.21. The molecule has 0 spiro atoms. The number of hydrogen-bond donors (Lipinski definition) is 0. The van der Waals surface area contributed by atoms with Gasteiger partial charge < -0.3 is 4.74 Å². The van der Waals surface area contributed by atoms with E-state index >= 15 is 0 Å². The number of carbonyl (C=O) groups is 1. The molecule has 0 N–H and O–H groups in total. The van der Waals surface area contributed by atoms with Crippen molar-refractivity contribution in [3.05, 3.63) is 35.6 Å². The van der Waals surface area contributed by atoms with Gasteiger partial charge in [-0.1, -0.05) is 18.2 Å². The van der Waals surface area contributed by atoms with E-state index in [1.165, 1.54) is 6.07 Å². The van der Waals surface area contributed by atoms with Crippen LogP contribution in [0.2, 0.25) is 0 Å². The van der Waals surface area contributed by atoms with Crippen molar-refractivity contribution in [1.29, 1.82) is 0 Å². The largest absolute Gasteiger partial charge is 0.378 e. The van der Waals surface area contributed by atoms with Crippen LogP contribution in [0.15, 0.2) is 24.3 Å². The summed E-state index contributed by atoms with van der Waals surface area (Å²) in [5.41, 5.74) is 0.479. The van der Waals surface area contributed by atoms with E-state index < -0.39 is 0 Å². The maximum Gasteiger partial charge on any atom is 0.142 e. The molecule has 0 bridgehead atoms. The van der Waals surface area contributed by atoms with Gasteiger partial charge in [0.2, 0.25) is 0 Å². The predicted octanol–water partition coefficient (Wildman–Crippen LogP) is 2.36. The first kappa shape index (κ1) is 11.3. The molecule has 0 amide bonds. The van der Waals surface area contributed by atoms with E-state index in [1.54, 1.807) is 18.2 Å². The zero-order chi connectivity index (χ0) is 11.5. The zero-order valence-corrected chi connectivity index (χ0v) is 9.28. The van der Waals surface area contributed by atoms with Gasteiger partial charge in [-0.3, -0.25) is 4.79 Å². The highest BCUT2D eigenvalue weighted by atomic mass is 19.1. The second kappa shape index (κ2) is 4.74. The van der Waals surface area contributed by atoms with Crippen molar-refractivity contribution in [3.8, 4) is 0 Å². The minimum atomic E-state index is -0.303. The molecular weight excluding hydrogens is 207 g/mol. The van der Waals surface area contributed by atoms with Crippen LogP contribution in [0.3, 0.4) is 0 Å². The molecule has 1 fully saturated rings. The molecule has 0 aromatic heterocycles. The molecule has 0 saturated carbocycles. The van der Waals surface area contributed by atoms with Crippen molar-refractivity contribution < 1.29 is 13.9 Å². The van der Waals surface area contributed by atoms with Gasteiger partial charge in [0.15, 0.2) is 0 Å². The lowest BCUT2D eigenvalue weighted by molar-refractivity contribution is -0.122. The molecule has 2 atom stereocenters. The molecule has 2 unspecified atom stereocenters. The lowest BCUT2D eigenvalue weighted by Gasteiger charge is -2.07. The highest BCUT2D eigenvalue weighted by molar-refractivity contribution is 5.83. The second-order valence-corrected chi connectivity index (χ2v) is 4.31. The minimum Gasteiger partial charge on any atom is -0.378 e. The Morgan fingerprint density at radius 2 is 2.25 bits per heavy atom. The van der Waals surface area contributed by atoms with Crippen LogP contribution in [0.25, 0.3) is 0 Å². The maximum atomic E-state index is 13.3. The summed E-state index contributed by atoms with van der Waals surface area (Å²) in [6.07, 6.45) is 1.08. The smallest absolute Gasteiger partial charge is 0.142 e. The summed E-state index contributed by atoms with van der Waals surface area (Å²) < 4.78 is 18.7. The summed E-state index contributed by atoms with van der Waals surface area (Å²) >= 11 is 0. The summed E-state index contributed by atoms with van der Waals surface area (Å²) in [5, 5.41) is 0. The normalized spacial score (nSPS) is 24.6. The average Bonchev–Trinajstić information content (AvgIpc) is 2.68. The van der Waals surface area contributed by atoms with Crippen LogP contribution in [0.4, 0.5) is 4.39 Å². The third-order valence-electron chi connectivity index (χ3n) is 2.98. The fourth-order valence-corrected chi connectivity index (χ4v) is 2.02. The van der Waals surface area contributed by atoms with Crippen LogP contribution >= 0.6 is 0 Å². The molecule has 2 nitrogen and oxygen atoms in total. The summed E-state index contributed by atoms with van der Waals surface area (Å²) in [5.74, 6) is -0.285. The lowest BCUT2D eigenvalue weighted by atomic mass is 9.95. The zero-order valence-electron chi connectivity index (χ0n) is 9.28. The van der Waals surface area contributed by atoms with Gasteiger partial charge in [0.1, 0.15) is 11.6 Å². The van der Waals surface area contributed by atoms with E-state index in [0.29, 0.717) is 12.2 Å². The monoisotopic (exact) mass is 222 g/mol.